The number of rotatable bonds is 4. The smallest absolute Gasteiger partial charge is 0.328 e. The first kappa shape index (κ1) is 16.4. The molecule has 1 aliphatic rings. The zero-order chi connectivity index (χ0) is 17.1. The van der Waals surface area contributed by atoms with Crippen molar-refractivity contribution in [3.63, 3.8) is 0 Å². The minimum absolute atomic E-state index is 0.107. The second kappa shape index (κ2) is 7.00. The van der Waals surface area contributed by atoms with Crippen LogP contribution in [-0.2, 0) is 9.53 Å². The van der Waals surface area contributed by atoms with E-state index in [9.17, 15) is 14.0 Å². The van der Waals surface area contributed by atoms with Gasteiger partial charge < -0.3 is 14.4 Å². The van der Waals surface area contributed by atoms with Gasteiger partial charge in [0.2, 0.25) is 0 Å². The molecule has 126 valence electrons. The van der Waals surface area contributed by atoms with E-state index in [2.05, 4.69) is 0 Å². The fraction of sp³-hybridized carbons (Fsp3) is 0.294. The maximum Gasteiger partial charge on any atom is 0.328 e. The van der Waals surface area contributed by atoms with E-state index < -0.39 is 23.9 Å². The van der Waals surface area contributed by atoms with E-state index in [1.807, 2.05) is 0 Å². The minimum atomic E-state index is -0.737. The number of para-hydroxylation sites is 1. The van der Waals surface area contributed by atoms with Gasteiger partial charge in [0.1, 0.15) is 12.1 Å². The van der Waals surface area contributed by atoms with Crippen molar-refractivity contribution in [1.29, 1.82) is 0 Å². The van der Waals surface area contributed by atoms with Crippen molar-refractivity contribution in [2.75, 3.05) is 13.7 Å². The Labute approximate surface area is 142 Å². The van der Waals surface area contributed by atoms with Crippen LogP contribution in [0.3, 0.4) is 0 Å². The number of nitrogens with zero attached hydrogens (tertiary/aromatic N) is 1. The first-order valence-corrected chi connectivity index (χ1v) is 8.36. The predicted octanol–water partition coefficient (Wildman–Crippen LogP) is 2.72. The van der Waals surface area contributed by atoms with Crippen LogP contribution < -0.4 is 4.74 Å². The van der Waals surface area contributed by atoms with Gasteiger partial charge in [-0.05, 0) is 23.6 Å². The lowest BCUT2D eigenvalue weighted by Gasteiger charge is -2.21. The summed E-state index contributed by atoms with van der Waals surface area (Å²) < 4.78 is 24.2. The highest BCUT2D eigenvalue weighted by Gasteiger charge is 2.42. The molecule has 0 radical (unpaired) electrons. The Balaban J connectivity index is 1.79. The van der Waals surface area contributed by atoms with Gasteiger partial charge in [-0.15, -0.1) is 0 Å². The van der Waals surface area contributed by atoms with E-state index in [1.54, 1.807) is 29.0 Å². The van der Waals surface area contributed by atoms with Crippen LogP contribution in [0.2, 0.25) is 0 Å². The Morgan fingerprint density at radius 2 is 2.08 bits per heavy atom. The summed E-state index contributed by atoms with van der Waals surface area (Å²) in [6, 6.07) is 7.02. The maximum atomic E-state index is 13.7. The van der Waals surface area contributed by atoms with Crippen LogP contribution >= 0.6 is 11.3 Å². The van der Waals surface area contributed by atoms with Gasteiger partial charge in [-0.1, -0.05) is 12.1 Å². The molecule has 0 N–H and O–H groups in total. The van der Waals surface area contributed by atoms with E-state index in [4.69, 9.17) is 9.47 Å². The van der Waals surface area contributed by atoms with Gasteiger partial charge in [0.05, 0.1) is 19.2 Å². The molecule has 0 bridgehead atoms. The molecule has 0 spiro atoms. The van der Waals surface area contributed by atoms with Crippen LogP contribution in [0.4, 0.5) is 4.39 Å². The van der Waals surface area contributed by atoms with Crippen LogP contribution in [-0.4, -0.2) is 42.6 Å². The number of thiophene rings is 1. The molecule has 0 saturated carbocycles. The van der Waals surface area contributed by atoms with Gasteiger partial charge in [0, 0.05) is 11.8 Å². The van der Waals surface area contributed by atoms with E-state index in [0.29, 0.717) is 5.56 Å². The first-order chi connectivity index (χ1) is 11.6. The number of carbonyl (C=O) groups excluding carboxylic acids is 2. The highest BCUT2D eigenvalue weighted by molar-refractivity contribution is 7.08. The molecule has 1 amide bonds. The van der Waals surface area contributed by atoms with Crippen molar-refractivity contribution >= 4 is 23.2 Å². The Hall–Kier alpha value is -2.41. The number of benzene rings is 1. The standard InChI is InChI=1S/C17H16FNO4S/c1-22-17(21)14-8-12(23-15-5-3-2-4-13(15)18)9-19(14)16(20)11-6-7-24-10-11/h2-7,10,12,14H,8-9H2,1H3/t12-,14-/m1/s1. The highest BCUT2D eigenvalue weighted by Crippen LogP contribution is 2.27. The fourth-order valence-electron chi connectivity index (χ4n) is 2.74. The van der Waals surface area contributed by atoms with E-state index in [1.165, 1.54) is 35.5 Å². The summed E-state index contributed by atoms with van der Waals surface area (Å²) in [7, 11) is 1.28. The number of likely N-dealkylation sites (tertiary alicyclic amines) is 1. The molecule has 1 fully saturated rings. The SMILES string of the molecule is COC(=O)[C@H]1C[C@@H](Oc2ccccc2F)CN1C(=O)c1ccsc1. The number of halogens is 1. The summed E-state index contributed by atoms with van der Waals surface area (Å²) in [5.41, 5.74) is 0.514. The van der Waals surface area contributed by atoms with Gasteiger partial charge in [-0.2, -0.15) is 11.3 Å². The molecule has 3 rings (SSSR count). The molecule has 1 aromatic heterocycles. The van der Waals surface area contributed by atoms with Crippen LogP contribution in [0.1, 0.15) is 16.8 Å². The van der Waals surface area contributed by atoms with Crippen molar-refractivity contribution in [2.24, 2.45) is 0 Å². The Kier molecular flexibility index (Phi) is 4.80. The van der Waals surface area contributed by atoms with Crippen LogP contribution in [0, 0.1) is 5.82 Å². The minimum Gasteiger partial charge on any atom is -0.485 e. The normalized spacial score (nSPS) is 20.0. The lowest BCUT2D eigenvalue weighted by molar-refractivity contribution is -0.145. The van der Waals surface area contributed by atoms with Gasteiger partial charge in [0.25, 0.3) is 5.91 Å². The average Bonchev–Trinajstić information content (AvgIpc) is 3.25. The molecule has 2 heterocycles. The summed E-state index contributed by atoms with van der Waals surface area (Å²) in [6.07, 6.45) is -0.217. The fourth-order valence-corrected chi connectivity index (χ4v) is 3.37. The number of hydrogen-bond donors (Lipinski definition) is 0. The lowest BCUT2D eigenvalue weighted by Crippen LogP contribution is -2.41. The first-order valence-electron chi connectivity index (χ1n) is 7.42. The van der Waals surface area contributed by atoms with E-state index in [0.717, 1.165) is 0 Å². The van der Waals surface area contributed by atoms with Crippen LogP contribution in [0.15, 0.2) is 41.1 Å². The molecule has 2 atom stereocenters. The summed E-state index contributed by atoms with van der Waals surface area (Å²) in [4.78, 5) is 26.0. The number of carbonyl (C=O) groups is 2. The number of esters is 1. The second-order valence-corrected chi connectivity index (χ2v) is 6.19. The van der Waals surface area contributed by atoms with Crippen molar-refractivity contribution in [3.05, 3.63) is 52.5 Å². The molecule has 0 unspecified atom stereocenters. The number of ether oxygens (including phenoxy) is 2. The lowest BCUT2D eigenvalue weighted by atomic mass is 10.2. The van der Waals surface area contributed by atoms with Gasteiger partial charge in [-0.3, -0.25) is 4.79 Å². The monoisotopic (exact) mass is 349 g/mol. The number of methoxy groups -OCH3 is 1. The van der Waals surface area contributed by atoms with Crippen molar-refractivity contribution in [1.82, 2.24) is 4.90 Å². The van der Waals surface area contributed by atoms with Gasteiger partial charge >= 0.3 is 5.97 Å². The molecule has 7 heteroatoms. The zero-order valence-corrected chi connectivity index (χ0v) is 13.8. The van der Waals surface area contributed by atoms with Crippen molar-refractivity contribution in [3.8, 4) is 5.75 Å². The van der Waals surface area contributed by atoms with E-state index in [-0.39, 0.29) is 24.6 Å². The maximum absolute atomic E-state index is 13.7. The largest absolute Gasteiger partial charge is 0.485 e. The number of hydrogen-bond acceptors (Lipinski definition) is 5. The third-order valence-corrected chi connectivity index (χ3v) is 4.58. The van der Waals surface area contributed by atoms with Gasteiger partial charge in [-0.25, -0.2) is 9.18 Å². The summed E-state index contributed by atoms with van der Waals surface area (Å²) in [5, 5.41) is 3.52. The molecule has 0 aliphatic carbocycles. The third kappa shape index (κ3) is 3.26. The third-order valence-electron chi connectivity index (χ3n) is 3.90. The zero-order valence-electron chi connectivity index (χ0n) is 13.0. The molecule has 1 aromatic carbocycles. The predicted molar refractivity (Wildman–Crippen MR) is 86.6 cm³/mol. The summed E-state index contributed by atoms with van der Waals surface area (Å²) in [5.74, 6) is -1.13. The molecule has 1 saturated heterocycles. The molecule has 24 heavy (non-hydrogen) atoms. The molecule has 5 nitrogen and oxygen atoms in total. The quantitative estimate of drug-likeness (QED) is 0.797. The van der Waals surface area contributed by atoms with Crippen molar-refractivity contribution in [2.45, 2.75) is 18.6 Å². The van der Waals surface area contributed by atoms with E-state index >= 15 is 0 Å². The highest BCUT2D eigenvalue weighted by atomic mass is 32.1. The molecular formula is C17H16FNO4S. The topological polar surface area (TPSA) is 55.8 Å². The second-order valence-electron chi connectivity index (χ2n) is 5.41. The Morgan fingerprint density at radius 1 is 1.29 bits per heavy atom. The van der Waals surface area contributed by atoms with Crippen LogP contribution in [0.5, 0.6) is 5.75 Å². The van der Waals surface area contributed by atoms with Crippen molar-refractivity contribution < 1.29 is 23.5 Å². The molecular weight excluding hydrogens is 333 g/mol. The Morgan fingerprint density at radius 3 is 2.75 bits per heavy atom. The van der Waals surface area contributed by atoms with Crippen LogP contribution in [0.25, 0.3) is 0 Å². The Bertz CT molecular complexity index is 734. The van der Waals surface area contributed by atoms with Gasteiger partial charge in [0.15, 0.2) is 11.6 Å². The number of amides is 1. The summed E-state index contributed by atoms with van der Waals surface area (Å²) >= 11 is 1.40. The summed E-state index contributed by atoms with van der Waals surface area (Å²) in [6.45, 7) is 0.197. The molecule has 2 aromatic rings. The molecule has 1 aliphatic heterocycles. The average molecular weight is 349 g/mol.